The molecule has 0 bridgehead atoms. The molecule has 1 aromatic heterocycles. The molecule has 1 aliphatic rings. The van der Waals surface area contributed by atoms with E-state index in [2.05, 4.69) is 20.1 Å². The summed E-state index contributed by atoms with van der Waals surface area (Å²) in [6, 6.07) is 3.04. The molecule has 104 valence electrons. The predicted octanol–water partition coefficient (Wildman–Crippen LogP) is 1.56. The molecule has 20 heavy (non-hydrogen) atoms. The molecule has 1 saturated heterocycles. The van der Waals surface area contributed by atoms with Crippen LogP contribution in [0.5, 0.6) is 0 Å². The van der Waals surface area contributed by atoms with Crippen LogP contribution in [0.1, 0.15) is 12.8 Å². The standard InChI is InChI=1S/C11H11N5O4/c17-12-7-3-5-15(6-4-7)8-1-2-9(16(18)19)11-10(8)13-20-14-11/h1-2,17H,3-6H2. The van der Waals surface area contributed by atoms with Crippen LogP contribution in [0.4, 0.5) is 11.4 Å². The van der Waals surface area contributed by atoms with Crippen molar-refractivity contribution < 1.29 is 14.8 Å². The van der Waals surface area contributed by atoms with E-state index in [1.807, 2.05) is 4.90 Å². The largest absolute Gasteiger partial charge is 0.411 e. The topological polar surface area (TPSA) is 118 Å². The molecular formula is C11H11N5O4. The number of hydrogen-bond acceptors (Lipinski definition) is 8. The van der Waals surface area contributed by atoms with Crippen molar-refractivity contribution in [3.8, 4) is 0 Å². The number of oxime groups is 1. The molecule has 0 unspecified atom stereocenters. The molecule has 0 aliphatic carbocycles. The number of nitrogens with zero attached hydrogens (tertiary/aromatic N) is 5. The van der Waals surface area contributed by atoms with E-state index in [0.717, 1.165) is 11.4 Å². The Morgan fingerprint density at radius 1 is 1.30 bits per heavy atom. The van der Waals surface area contributed by atoms with Crippen LogP contribution in [0.2, 0.25) is 0 Å². The third-order valence-electron chi connectivity index (χ3n) is 3.39. The first kappa shape index (κ1) is 12.3. The molecule has 2 heterocycles. The van der Waals surface area contributed by atoms with Gasteiger partial charge in [-0.3, -0.25) is 10.1 Å². The van der Waals surface area contributed by atoms with Crippen molar-refractivity contribution in [1.82, 2.24) is 10.3 Å². The predicted molar refractivity (Wildman–Crippen MR) is 69.1 cm³/mol. The maximum absolute atomic E-state index is 10.9. The summed E-state index contributed by atoms with van der Waals surface area (Å²) in [5.41, 5.74) is 1.89. The van der Waals surface area contributed by atoms with Crippen LogP contribution < -0.4 is 4.90 Å². The number of nitro groups is 1. The summed E-state index contributed by atoms with van der Waals surface area (Å²) in [6.45, 7) is 1.30. The Morgan fingerprint density at radius 2 is 2.00 bits per heavy atom. The molecule has 1 N–H and O–H groups in total. The second-order valence-corrected chi connectivity index (χ2v) is 4.48. The molecule has 0 spiro atoms. The van der Waals surface area contributed by atoms with Crippen LogP contribution >= 0.6 is 0 Å². The number of anilines is 1. The van der Waals surface area contributed by atoms with Crippen LogP contribution in [0, 0.1) is 10.1 Å². The fourth-order valence-corrected chi connectivity index (χ4v) is 2.35. The van der Waals surface area contributed by atoms with Crippen molar-refractivity contribution in [3.63, 3.8) is 0 Å². The maximum atomic E-state index is 10.9. The van der Waals surface area contributed by atoms with Gasteiger partial charge >= 0.3 is 5.69 Å². The lowest BCUT2D eigenvalue weighted by Gasteiger charge is -2.28. The Kier molecular flexibility index (Phi) is 2.93. The minimum Gasteiger partial charge on any atom is -0.411 e. The average Bonchev–Trinajstić information content (AvgIpc) is 2.95. The fraction of sp³-hybridized carbons (Fsp3) is 0.364. The smallest absolute Gasteiger partial charge is 0.300 e. The molecule has 1 fully saturated rings. The van der Waals surface area contributed by atoms with E-state index in [1.165, 1.54) is 6.07 Å². The lowest BCUT2D eigenvalue weighted by Crippen LogP contribution is -2.34. The highest BCUT2D eigenvalue weighted by Gasteiger charge is 2.24. The van der Waals surface area contributed by atoms with E-state index in [4.69, 9.17) is 5.21 Å². The third-order valence-corrected chi connectivity index (χ3v) is 3.39. The van der Waals surface area contributed by atoms with Gasteiger partial charge in [0.15, 0.2) is 5.52 Å². The van der Waals surface area contributed by atoms with Crippen LogP contribution in [0.3, 0.4) is 0 Å². The van der Waals surface area contributed by atoms with E-state index >= 15 is 0 Å². The van der Waals surface area contributed by atoms with Crippen molar-refractivity contribution in [1.29, 1.82) is 0 Å². The monoisotopic (exact) mass is 277 g/mol. The van der Waals surface area contributed by atoms with Gasteiger partial charge in [0.2, 0.25) is 5.52 Å². The van der Waals surface area contributed by atoms with Gasteiger partial charge in [0.1, 0.15) is 0 Å². The Bertz CT molecular complexity index is 685. The molecule has 9 heteroatoms. The number of aromatic nitrogens is 2. The highest BCUT2D eigenvalue weighted by molar-refractivity contribution is 5.95. The van der Waals surface area contributed by atoms with Gasteiger partial charge in [0.05, 0.1) is 16.3 Å². The van der Waals surface area contributed by atoms with Crippen LogP contribution in [0.25, 0.3) is 11.0 Å². The highest BCUT2D eigenvalue weighted by Crippen LogP contribution is 2.32. The van der Waals surface area contributed by atoms with Crippen molar-refractivity contribution in [3.05, 3.63) is 22.2 Å². The highest BCUT2D eigenvalue weighted by atomic mass is 16.6. The number of rotatable bonds is 2. The van der Waals surface area contributed by atoms with Gasteiger partial charge in [-0.15, -0.1) is 0 Å². The van der Waals surface area contributed by atoms with E-state index < -0.39 is 4.92 Å². The lowest BCUT2D eigenvalue weighted by molar-refractivity contribution is -0.383. The van der Waals surface area contributed by atoms with Gasteiger partial charge in [0, 0.05) is 32.0 Å². The van der Waals surface area contributed by atoms with E-state index in [-0.39, 0.29) is 11.2 Å². The van der Waals surface area contributed by atoms with Crippen LogP contribution in [-0.2, 0) is 0 Å². The van der Waals surface area contributed by atoms with Crippen LogP contribution in [-0.4, -0.2) is 39.2 Å². The number of fused-ring (bicyclic) bond motifs is 1. The van der Waals surface area contributed by atoms with Crippen molar-refractivity contribution in [2.24, 2.45) is 5.16 Å². The van der Waals surface area contributed by atoms with Gasteiger partial charge < -0.3 is 10.1 Å². The molecule has 0 radical (unpaired) electrons. The van der Waals surface area contributed by atoms with Gasteiger partial charge in [-0.2, -0.15) is 0 Å². The summed E-state index contributed by atoms with van der Waals surface area (Å²) in [4.78, 5) is 12.4. The van der Waals surface area contributed by atoms with E-state index in [0.29, 0.717) is 31.4 Å². The first-order chi connectivity index (χ1) is 9.70. The van der Waals surface area contributed by atoms with Crippen LogP contribution in [0.15, 0.2) is 21.9 Å². The zero-order valence-corrected chi connectivity index (χ0v) is 10.4. The molecule has 0 atom stereocenters. The number of piperidine rings is 1. The number of benzene rings is 1. The molecule has 3 rings (SSSR count). The normalized spacial score (nSPS) is 15.6. The SMILES string of the molecule is O=[N+]([O-])c1ccc(N2CCC(=NO)CC2)c2nonc12. The number of nitro benzene ring substituents is 1. The number of hydrogen-bond donors (Lipinski definition) is 1. The van der Waals surface area contributed by atoms with Crippen molar-refractivity contribution in [2.75, 3.05) is 18.0 Å². The Labute approximate surface area is 112 Å². The Hall–Kier alpha value is -2.71. The third kappa shape index (κ3) is 1.92. The molecule has 2 aromatic rings. The zero-order valence-electron chi connectivity index (χ0n) is 10.4. The average molecular weight is 277 g/mol. The Morgan fingerprint density at radius 3 is 2.65 bits per heavy atom. The molecule has 0 saturated carbocycles. The summed E-state index contributed by atoms with van der Waals surface area (Å²) < 4.78 is 4.63. The quantitative estimate of drug-likeness (QED) is 0.502. The summed E-state index contributed by atoms with van der Waals surface area (Å²) >= 11 is 0. The molecule has 9 nitrogen and oxygen atoms in total. The summed E-state index contributed by atoms with van der Waals surface area (Å²) in [5, 5.41) is 30.3. The van der Waals surface area contributed by atoms with Gasteiger partial charge in [-0.25, -0.2) is 4.63 Å². The second kappa shape index (κ2) is 4.76. The summed E-state index contributed by atoms with van der Waals surface area (Å²) in [7, 11) is 0. The van der Waals surface area contributed by atoms with Gasteiger partial charge in [0.25, 0.3) is 0 Å². The molecular weight excluding hydrogens is 266 g/mol. The molecule has 1 aromatic carbocycles. The molecule has 1 aliphatic heterocycles. The lowest BCUT2D eigenvalue weighted by atomic mass is 10.1. The fourth-order valence-electron chi connectivity index (χ4n) is 2.35. The Balaban J connectivity index is 1.99. The van der Waals surface area contributed by atoms with Crippen molar-refractivity contribution >= 4 is 28.1 Å². The zero-order chi connectivity index (χ0) is 14.1. The van der Waals surface area contributed by atoms with E-state index in [9.17, 15) is 10.1 Å². The minimum atomic E-state index is -0.511. The minimum absolute atomic E-state index is 0.125. The summed E-state index contributed by atoms with van der Waals surface area (Å²) in [5.74, 6) is 0. The van der Waals surface area contributed by atoms with Gasteiger partial charge in [-0.1, -0.05) is 5.16 Å². The second-order valence-electron chi connectivity index (χ2n) is 4.48. The van der Waals surface area contributed by atoms with Crippen molar-refractivity contribution in [2.45, 2.75) is 12.8 Å². The first-order valence-electron chi connectivity index (χ1n) is 6.05. The van der Waals surface area contributed by atoms with E-state index in [1.54, 1.807) is 6.07 Å². The number of non-ortho nitro benzene ring substituents is 1. The summed E-state index contributed by atoms with van der Waals surface area (Å²) in [6.07, 6.45) is 1.28. The first-order valence-corrected chi connectivity index (χ1v) is 6.05. The maximum Gasteiger partial charge on any atom is 0.300 e. The molecule has 0 amide bonds. The van der Waals surface area contributed by atoms with Gasteiger partial charge in [-0.05, 0) is 16.4 Å².